The van der Waals surface area contributed by atoms with Crippen LogP contribution in [0.5, 0.6) is 11.5 Å². The number of hydrogen-bond acceptors (Lipinski definition) is 4. The number of methoxy groups -OCH3 is 1. The Kier molecular flexibility index (Phi) is 2.97. The van der Waals surface area contributed by atoms with E-state index in [4.69, 9.17) is 10.5 Å². The van der Waals surface area contributed by atoms with E-state index in [1.165, 1.54) is 0 Å². The van der Waals surface area contributed by atoms with Crippen LogP contribution < -0.4 is 10.5 Å². The molecule has 3 N–H and O–H groups in total. The Bertz CT molecular complexity index is 578. The molecule has 0 aliphatic carbocycles. The number of carbonyl (C=O) groups is 1. The summed E-state index contributed by atoms with van der Waals surface area (Å²) in [5.41, 5.74) is 5.53. The third-order valence-corrected chi connectivity index (χ3v) is 2.70. The maximum absolute atomic E-state index is 11.5. The highest BCUT2D eigenvalue weighted by Gasteiger charge is 2.13. The predicted octanol–water partition coefficient (Wildman–Crippen LogP) is 1.70. The van der Waals surface area contributed by atoms with E-state index in [1.54, 1.807) is 37.4 Å². The SMILES string of the molecule is COc1cccc2c(O)c(C(=O)CN)ccc12. The first-order valence-corrected chi connectivity index (χ1v) is 5.21. The number of ether oxygens (including phenoxy) is 1. The molecule has 17 heavy (non-hydrogen) atoms. The fourth-order valence-electron chi connectivity index (χ4n) is 1.83. The summed E-state index contributed by atoms with van der Waals surface area (Å²) in [4.78, 5) is 11.5. The van der Waals surface area contributed by atoms with Crippen LogP contribution in [0.15, 0.2) is 30.3 Å². The second-order valence-electron chi connectivity index (χ2n) is 3.64. The molecule has 4 heteroatoms. The van der Waals surface area contributed by atoms with E-state index in [9.17, 15) is 9.90 Å². The van der Waals surface area contributed by atoms with Gasteiger partial charge in [-0.2, -0.15) is 0 Å². The van der Waals surface area contributed by atoms with Crippen molar-refractivity contribution < 1.29 is 14.6 Å². The van der Waals surface area contributed by atoms with Crippen LogP contribution in [-0.4, -0.2) is 24.5 Å². The van der Waals surface area contributed by atoms with Gasteiger partial charge in [-0.05, 0) is 18.2 Å². The van der Waals surface area contributed by atoms with Crippen molar-refractivity contribution in [3.63, 3.8) is 0 Å². The summed E-state index contributed by atoms with van der Waals surface area (Å²) in [6.45, 7) is -0.122. The number of carbonyl (C=O) groups excluding carboxylic acids is 1. The smallest absolute Gasteiger partial charge is 0.180 e. The first-order chi connectivity index (χ1) is 8.19. The topological polar surface area (TPSA) is 72.5 Å². The average Bonchev–Trinajstić information content (AvgIpc) is 2.38. The molecule has 2 rings (SSSR count). The van der Waals surface area contributed by atoms with Gasteiger partial charge in [-0.25, -0.2) is 0 Å². The summed E-state index contributed by atoms with van der Waals surface area (Å²) in [6, 6.07) is 8.61. The molecular weight excluding hydrogens is 218 g/mol. The molecule has 0 amide bonds. The predicted molar refractivity (Wildman–Crippen MR) is 65.5 cm³/mol. The van der Waals surface area contributed by atoms with Gasteiger partial charge in [0, 0.05) is 10.8 Å². The molecule has 0 spiro atoms. The molecule has 0 fully saturated rings. The summed E-state index contributed by atoms with van der Waals surface area (Å²) in [6.07, 6.45) is 0. The van der Waals surface area contributed by atoms with Gasteiger partial charge < -0.3 is 15.6 Å². The largest absolute Gasteiger partial charge is 0.507 e. The number of aromatic hydroxyl groups is 1. The van der Waals surface area contributed by atoms with Crippen LogP contribution in [0.2, 0.25) is 0 Å². The second-order valence-corrected chi connectivity index (χ2v) is 3.64. The van der Waals surface area contributed by atoms with Crippen molar-refractivity contribution in [3.05, 3.63) is 35.9 Å². The van der Waals surface area contributed by atoms with Crippen LogP contribution in [0.4, 0.5) is 0 Å². The molecule has 0 bridgehead atoms. The van der Waals surface area contributed by atoms with Crippen LogP contribution in [0.1, 0.15) is 10.4 Å². The number of benzene rings is 2. The van der Waals surface area contributed by atoms with Crippen molar-refractivity contribution in [2.24, 2.45) is 5.73 Å². The fourth-order valence-corrected chi connectivity index (χ4v) is 1.83. The van der Waals surface area contributed by atoms with E-state index in [-0.39, 0.29) is 23.6 Å². The van der Waals surface area contributed by atoms with Crippen molar-refractivity contribution in [1.29, 1.82) is 0 Å². The number of phenolic OH excluding ortho intramolecular Hbond substituents is 1. The highest BCUT2D eigenvalue weighted by molar-refractivity contribution is 6.06. The molecule has 0 atom stereocenters. The van der Waals surface area contributed by atoms with Crippen LogP contribution in [0.25, 0.3) is 10.8 Å². The second kappa shape index (κ2) is 4.43. The minimum Gasteiger partial charge on any atom is -0.507 e. The lowest BCUT2D eigenvalue weighted by atomic mass is 10.0. The maximum Gasteiger partial charge on any atom is 0.180 e. The Morgan fingerprint density at radius 3 is 2.71 bits per heavy atom. The van der Waals surface area contributed by atoms with E-state index in [2.05, 4.69) is 0 Å². The van der Waals surface area contributed by atoms with Gasteiger partial charge in [0.2, 0.25) is 0 Å². The third-order valence-electron chi connectivity index (χ3n) is 2.70. The lowest BCUT2D eigenvalue weighted by Gasteiger charge is -2.09. The molecule has 4 nitrogen and oxygen atoms in total. The Morgan fingerprint density at radius 2 is 2.06 bits per heavy atom. The van der Waals surface area contributed by atoms with E-state index < -0.39 is 0 Å². The normalized spacial score (nSPS) is 10.5. The number of Topliss-reactive ketones (excluding diaryl/α,β-unsaturated/α-hetero) is 1. The number of ketones is 1. The minimum absolute atomic E-state index is 0.0446. The van der Waals surface area contributed by atoms with Crippen molar-refractivity contribution in [2.75, 3.05) is 13.7 Å². The zero-order valence-electron chi connectivity index (χ0n) is 9.43. The molecule has 0 aliphatic rings. The number of hydrogen-bond donors (Lipinski definition) is 2. The van der Waals surface area contributed by atoms with E-state index >= 15 is 0 Å². The first-order valence-electron chi connectivity index (χ1n) is 5.21. The van der Waals surface area contributed by atoms with Gasteiger partial charge in [-0.1, -0.05) is 12.1 Å². The monoisotopic (exact) mass is 231 g/mol. The van der Waals surface area contributed by atoms with Gasteiger partial charge in [0.05, 0.1) is 19.2 Å². The van der Waals surface area contributed by atoms with Gasteiger partial charge >= 0.3 is 0 Å². The van der Waals surface area contributed by atoms with Crippen LogP contribution in [0.3, 0.4) is 0 Å². The van der Waals surface area contributed by atoms with Gasteiger partial charge in [0.1, 0.15) is 11.5 Å². The zero-order chi connectivity index (χ0) is 12.4. The molecule has 88 valence electrons. The van der Waals surface area contributed by atoms with E-state index in [0.29, 0.717) is 11.1 Å². The van der Waals surface area contributed by atoms with Gasteiger partial charge in [0.15, 0.2) is 5.78 Å². The van der Waals surface area contributed by atoms with Gasteiger partial charge in [-0.15, -0.1) is 0 Å². The molecule has 0 saturated heterocycles. The zero-order valence-corrected chi connectivity index (χ0v) is 9.43. The summed E-state index contributed by atoms with van der Waals surface area (Å²) < 4.78 is 5.19. The lowest BCUT2D eigenvalue weighted by molar-refractivity contribution is 0.0999. The molecule has 0 aliphatic heterocycles. The molecule has 0 heterocycles. The number of phenols is 1. The maximum atomic E-state index is 11.5. The quantitative estimate of drug-likeness (QED) is 0.788. The summed E-state index contributed by atoms with van der Waals surface area (Å²) in [7, 11) is 1.56. The van der Waals surface area contributed by atoms with Gasteiger partial charge in [0.25, 0.3) is 0 Å². The van der Waals surface area contributed by atoms with Crippen LogP contribution in [-0.2, 0) is 0 Å². The van der Waals surface area contributed by atoms with Crippen molar-refractivity contribution >= 4 is 16.6 Å². The lowest BCUT2D eigenvalue weighted by Crippen LogP contribution is -2.13. The van der Waals surface area contributed by atoms with E-state index in [1.807, 2.05) is 0 Å². The molecule has 2 aromatic carbocycles. The number of fused-ring (bicyclic) bond motifs is 1. The Balaban J connectivity index is 2.72. The van der Waals surface area contributed by atoms with Crippen molar-refractivity contribution in [1.82, 2.24) is 0 Å². The van der Waals surface area contributed by atoms with Crippen LogP contribution >= 0.6 is 0 Å². The minimum atomic E-state index is -0.285. The summed E-state index contributed by atoms with van der Waals surface area (Å²) >= 11 is 0. The molecule has 0 radical (unpaired) electrons. The van der Waals surface area contributed by atoms with E-state index in [0.717, 1.165) is 5.39 Å². The summed E-state index contributed by atoms with van der Waals surface area (Å²) in [5.74, 6) is 0.327. The average molecular weight is 231 g/mol. The Morgan fingerprint density at radius 1 is 1.29 bits per heavy atom. The van der Waals surface area contributed by atoms with Gasteiger partial charge in [-0.3, -0.25) is 4.79 Å². The highest BCUT2D eigenvalue weighted by Crippen LogP contribution is 2.34. The standard InChI is InChI=1S/C13H13NO3/c1-17-12-4-2-3-9-8(12)5-6-10(13(9)16)11(15)7-14/h2-6,16H,7,14H2,1H3. The third kappa shape index (κ3) is 1.83. The van der Waals surface area contributed by atoms with Crippen molar-refractivity contribution in [2.45, 2.75) is 0 Å². The Labute approximate surface area is 98.6 Å². The van der Waals surface area contributed by atoms with Crippen molar-refractivity contribution in [3.8, 4) is 11.5 Å². The summed E-state index contributed by atoms with van der Waals surface area (Å²) in [5, 5.41) is 11.4. The molecular formula is C13H13NO3. The first kappa shape index (κ1) is 11.4. The highest BCUT2D eigenvalue weighted by atomic mass is 16.5. The molecule has 0 unspecified atom stereocenters. The molecule has 0 aromatic heterocycles. The molecule has 0 saturated carbocycles. The number of nitrogens with two attached hydrogens (primary N) is 1. The van der Waals surface area contributed by atoms with Crippen LogP contribution in [0, 0.1) is 0 Å². The Hall–Kier alpha value is -2.07. The fraction of sp³-hybridized carbons (Fsp3) is 0.154. The molecule has 2 aromatic rings. The number of rotatable bonds is 3.